The lowest BCUT2D eigenvalue weighted by Gasteiger charge is -2.34. The van der Waals surface area contributed by atoms with E-state index in [9.17, 15) is 4.79 Å². The van der Waals surface area contributed by atoms with Crippen LogP contribution in [0.3, 0.4) is 0 Å². The number of fused-ring (bicyclic) bond motifs is 1. The first kappa shape index (κ1) is 14.3. The summed E-state index contributed by atoms with van der Waals surface area (Å²) in [5.74, 6) is 0.320. The van der Waals surface area contributed by atoms with E-state index in [0.29, 0.717) is 12.2 Å². The average Bonchev–Trinajstić information content (AvgIpc) is 3.02. The molecule has 0 N–H and O–H groups in total. The molecule has 2 heteroatoms. The van der Waals surface area contributed by atoms with Gasteiger partial charge in [0, 0.05) is 6.42 Å². The van der Waals surface area contributed by atoms with Gasteiger partial charge in [-0.25, -0.2) is 0 Å². The first-order valence-corrected chi connectivity index (χ1v) is 7.84. The van der Waals surface area contributed by atoms with E-state index in [1.54, 1.807) is 0 Å². The Labute approximate surface area is 126 Å². The van der Waals surface area contributed by atoms with Crippen LogP contribution in [0.1, 0.15) is 32.3 Å². The van der Waals surface area contributed by atoms with Crippen LogP contribution in [0.5, 0.6) is 0 Å². The van der Waals surface area contributed by atoms with Gasteiger partial charge < -0.3 is 0 Å². The SMILES string of the molecule is CC(C)(C(=O)Cc1cccc2ccccc12)N1CCCC1. The molecule has 1 aliphatic rings. The highest BCUT2D eigenvalue weighted by Gasteiger charge is 2.35. The minimum atomic E-state index is -0.354. The Balaban J connectivity index is 1.86. The van der Waals surface area contributed by atoms with E-state index >= 15 is 0 Å². The number of benzene rings is 2. The Morgan fingerprint density at radius 2 is 1.71 bits per heavy atom. The highest BCUT2D eigenvalue weighted by Crippen LogP contribution is 2.25. The monoisotopic (exact) mass is 281 g/mol. The summed E-state index contributed by atoms with van der Waals surface area (Å²) in [7, 11) is 0. The second kappa shape index (κ2) is 5.61. The van der Waals surface area contributed by atoms with E-state index in [4.69, 9.17) is 0 Å². The van der Waals surface area contributed by atoms with E-state index in [2.05, 4.69) is 43.0 Å². The maximum absolute atomic E-state index is 12.8. The summed E-state index contributed by atoms with van der Waals surface area (Å²) < 4.78 is 0. The molecule has 1 heterocycles. The van der Waals surface area contributed by atoms with Gasteiger partial charge in [-0.15, -0.1) is 0 Å². The third-order valence-corrected chi connectivity index (χ3v) is 4.81. The Hall–Kier alpha value is -1.67. The standard InChI is InChI=1S/C19H23NO/c1-19(2,20-12-5-6-13-20)18(21)14-16-10-7-9-15-8-3-4-11-17(15)16/h3-4,7-11H,5-6,12-14H2,1-2H3. The van der Waals surface area contributed by atoms with Gasteiger partial charge in [0.15, 0.2) is 5.78 Å². The van der Waals surface area contributed by atoms with E-state index in [-0.39, 0.29) is 5.54 Å². The summed E-state index contributed by atoms with van der Waals surface area (Å²) in [6.07, 6.45) is 2.95. The van der Waals surface area contributed by atoms with Crippen molar-refractivity contribution in [1.29, 1.82) is 0 Å². The molecule has 0 bridgehead atoms. The zero-order valence-electron chi connectivity index (χ0n) is 12.9. The Morgan fingerprint density at radius 1 is 1.05 bits per heavy atom. The molecule has 0 unspecified atom stereocenters. The van der Waals surface area contributed by atoms with Crippen LogP contribution in [0.2, 0.25) is 0 Å². The van der Waals surface area contributed by atoms with Gasteiger partial charge in [0.05, 0.1) is 5.54 Å². The number of Topliss-reactive ketones (excluding diaryl/α,β-unsaturated/α-hetero) is 1. The van der Waals surface area contributed by atoms with Crippen LogP contribution >= 0.6 is 0 Å². The van der Waals surface area contributed by atoms with Gasteiger partial charge in [0.2, 0.25) is 0 Å². The Kier molecular flexibility index (Phi) is 3.81. The average molecular weight is 281 g/mol. The molecule has 0 atom stereocenters. The number of hydrogen-bond acceptors (Lipinski definition) is 2. The number of hydrogen-bond donors (Lipinski definition) is 0. The molecular weight excluding hydrogens is 258 g/mol. The zero-order valence-corrected chi connectivity index (χ0v) is 12.9. The van der Waals surface area contributed by atoms with Gasteiger partial charge in [-0.2, -0.15) is 0 Å². The molecule has 1 saturated heterocycles. The second-order valence-corrected chi connectivity index (χ2v) is 6.49. The largest absolute Gasteiger partial charge is 0.297 e. The first-order valence-electron chi connectivity index (χ1n) is 7.84. The summed E-state index contributed by atoms with van der Waals surface area (Å²) in [6, 6.07) is 14.5. The summed E-state index contributed by atoms with van der Waals surface area (Å²) >= 11 is 0. The van der Waals surface area contributed by atoms with Gasteiger partial charge in [-0.05, 0) is 56.1 Å². The van der Waals surface area contributed by atoms with Crippen LogP contribution < -0.4 is 0 Å². The number of ketones is 1. The lowest BCUT2D eigenvalue weighted by atomic mass is 9.90. The minimum Gasteiger partial charge on any atom is -0.297 e. The molecule has 1 fully saturated rings. The van der Waals surface area contributed by atoms with Crippen LogP contribution in [-0.4, -0.2) is 29.3 Å². The maximum atomic E-state index is 12.8. The molecule has 21 heavy (non-hydrogen) atoms. The van der Waals surface area contributed by atoms with Crippen molar-refractivity contribution in [2.75, 3.05) is 13.1 Å². The minimum absolute atomic E-state index is 0.320. The van der Waals surface area contributed by atoms with Crippen molar-refractivity contribution in [3.8, 4) is 0 Å². The predicted molar refractivity (Wildman–Crippen MR) is 87.5 cm³/mol. The summed E-state index contributed by atoms with van der Waals surface area (Å²) in [5, 5.41) is 2.41. The van der Waals surface area contributed by atoms with Gasteiger partial charge in [-0.1, -0.05) is 42.5 Å². The van der Waals surface area contributed by atoms with Gasteiger partial charge in [0.1, 0.15) is 0 Å². The maximum Gasteiger partial charge on any atom is 0.156 e. The predicted octanol–water partition coefficient (Wildman–Crippen LogP) is 3.83. The van der Waals surface area contributed by atoms with E-state index < -0.39 is 0 Å². The summed E-state index contributed by atoms with van der Waals surface area (Å²) in [6.45, 7) is 6.25. The lowest BCUT2D eigenvalue weighted by Crippen LogP contribution is -2.49. The molecule has 0 amide bonds. The number of likely N-dealkylation sites (tertiary alicyclic amines) is 1. The molecule has 2 aromatic rings. The molecule has 3 rings (SSSR count). The summed E-state index contributed by atoms with van der Waals surface area (Å²) in [5.41, 5.74) is 0.790. The van der Waals surface area contributed by atoms with Crippen molar-refractivity contribution < 1.29 is 4.79 Å². The Morgan fingerprint density at radius 3 is 2.48 bits per heavy atom. The van der Waals surface area contributed by atoms with Crippen LogP contribution in [-0.2, 0) is 11.2 Å². The first-order chi connectivity index (χ1) is 10.1. The number of nitrogens with zero attached hydrogens (tertiary/aromatic N) is 1. The van der Waals surface area contributed by atoms with Crippen LogP contribution in [0.4, 0.5) is 0 Å². The second-order valence-electron chi connectivity index (χ2n) is 6.49. The van der Waals surface area contributed by atoms with E-state index in [1.165, 1.54) is 23.6 Å². The van der Waals surface area contributed by atoms with E-state index in [1.807, 2.05) is 18.2 Å². The molecular formula is C19H23NO. The fraction of sp³-hybridized carbons (Fsp3) is 0.421. The summed E-state index contributed by atoms with van der Waals surface area (Å²) in [4.78, 5) is 15.2. The molecule has 0 saturated carbocycles. The molecule has 0 aliphatic carbocycles. The van der Waals surface area contributed by atoms with Crippen molar-refractivity contribution >= 4 is 16.6 Å². The number of carbonyl (C=O) groups excluding carboxylic acids is 1. The zero-order chi connectivity index (χ0) is 14.9. The van der Waals surface area contributed by atoms with Gasteiger partial charge >= 0.3 is 0 Å². The van der Waals surface area contributed by atoms with Gasteiger partial charge in [0.25, 0.3) is 0 Å². The molecule has 0 aromatic heterocycles. The normalized spacial score (nSPS) is 16.5. The molecule has 2 nitrogen and oxygen atoms in total. The number of carbonyl (C=O) groups is 1. The number of rotatable bonds is 4. The van der Waals surface area contributed by atoms with Crippen LogP contribution in [0.25, 0.3) is 10.8 Å². The topological polar surface area (TPSA) is 20.3 Å². The van der Waals surface area contributed by atoms with Gasteiger partial charge in [-0.3, -0.25) is 9.69 Å². The van der Waals surface area contributed by atoms with Crippen molar-refractivity contribution in [1.82, 2.24) is 4.90 Å². The molecule has 1 aliphatic heterocycles. The molecule has 110 valence electrons. The third-order valence-electron chi connectivity index (χ3n) is 4.81. The third kappa shape index (κ3) is 2.73. The van der Waals surface area contributed by atoms with Crippen LogP contribution in [0, 0.1) is 0 Å². The fourth-order valence-corrected chi connectivity index (χ4v) is 3.29. The van der Waals surface area contributed by atoms with Crippen molar-refractivity contribution in [3.05, 3.63) is 48.0 Å². The smallest absolute Gasteiger partial charge is 0.156 e. The van der Waals surface area contributed by atoms with Crippen molar-refractivity contribution in [3.63, 3.8) is 0 Å². The molecule has 2 aromatic carbocycles. The highest BCUT2D eigenvalue weighted by molar-refractivity contribution is 5.94. The molecule has 0 spiro atoms. The van der Waals surface area contributed by atoms with E-state index in [0.717, 1.165) is 18.7 Å². The Bertz CT molecular complexity index is 648. The fourth-order valence-electron chi connectivity index (χ4n) is 3.29. The lowest BCUT2D eigenvalue weighted by molar-refractivity contribution is -0.128. The van der Waals surface area contributed by atoms with Crippen LogP contribution in [0.15, 0.2) is 42.5 Å². The van der Waals surface area contributed by atoms with Crippen molar-refractivity contribution in [2.24, 2.45) is 0 Å². The molecule has 0 radical (unpaired) electrons. The highest BCUT2D eigenvalue weighted by atomic mass is 16.1. The van der Waals surface area contributed by atoms with Crippen molar-refractivity contribution in [2.45, 2.75) is 38.6 Å². The quantitative estimate of drug-likeness (QED) is 0.849.